The lowest BCUT2D eigenvalue weighted by molar-refractivity contribution is 0.0289. The molecule has 2 amide bonds. The van der Waals surface area contributed by atoms with Crippen molar-refractivity contribution in [2.45, 2.75) is 32.3 Å². The first-order valence-electron chi connectivity index (χ1n) is 7.83. The van der Waals surface area contributed by atoms with Crippen LogP contribution in [0.15, 0.2) is 48.5 Å². The minimum atomic E-state index is -1.06. The fourth-order valence-electron chi connectivity index (χ4n) is 3.10. The highest BCUT2D eigenvalue weighted by Crippen LogP contribution is 2.38. The quantitative estimate of drug-likeness (QED) is 0.880. The van der Waals surface area contributed by atoms with Crippen LogP contribution in [-0.2, 0) is 5.60 Å². The van der Waals surface area contributed by atoms with E-state index in [4.69, 9.17) is 0 Å². The highest BCUT2D eigenvalue weighted by molar-refractivity contribution is 6.34. The maximum Gasteiger partial charge on any atom is 0.266 e. The maximum absolute atomic E-state index is 12.7. The summed E-state index contributed by atoms with van der Waals surface area (Å²) < 4.78 is 0. The molecule has 0 bridgehead atoms. The van der Waals surface area contributed by atoms with Gasteiger partial charge in [-0.1, -0.05) is 44.2 Å². The van der Waals surface area contributed by atoms with Gasteiger partial charge in [-0.3, -0.25) is 9.59 Å². The fourth-order valence-corrected chi connectivity index (χ4v) is 3.10. The zero-order chi connectivity index (χ0) is 16.6. The summed E-state index contributed by atoms with van der Waals surface area (Å²) in [7, 11) is 0. The summed E-state index contributed by atoms with van der Waals surface area (Å²) in [5.74, 6) is -0.680. The van der Waals surface area contributed by atoms with E-state index in [0.717, 1.165) is 0 Å². The van der Waals surface area contributed by atoms with Gasteiger partial charge in [-0.25, -0.2) is 4.90 Å². The molecule has 0 spiro atoms. The Morgan fingerprint density at radius 3 is 1.87 bits per heavy atom. The van der Waals surface area contributed by atoms with E-state index in [1.54, 1.807) is 42.5 Å². The Morgan fingerprint density at radius 2 is 1.35 bits per heavy atom. The molecule has 2 aromatic carbocycles. The van der Waals surface area contributed by atoms with Crippen molar-refractivity contribution in [3.05, 3.63) is 65.2 Å². The Hall–Kier alpha value is -2.46. The second kappa shape index (κ2) is 5.63. The van der Waals surface area contributed by atoms with Crippen molar-refractivity contribution in [2.24, 2.45) is 0 Å². The molecule has 4 heteroatoms. The standard InChI is InChI=1S/C19H19NO3/c1-3-19(23,4-2)15-11-7-8-12-16(15)20-17(21)13-9-5-6-10-14(13)18(20)22/h5-12,23H,3-4H2,1-2H3. The molecule has 0 saturated carbocycles. The molecule has 2 aromatic rings. The third-order valence-corrected chi connectivity index (χ3v) is 4.61. The average Bonchev–Trinajstić information content (AvgIpc) is 2.86. The van der Waals surface area contributed by atoms with Crippen molar-refractivity contribution < 1.29 is 14.7 Å². The molecule has 0 fully saturated rings. The number of hydrogen-bond acceptors (Lipinski definition) is 3. The number of fused-ring (bicyclic) bond motifs is 1. The number of rotatable bonds is 4. The predicted octanol–water partition coefficient (Wildman–Crippen LogP) is 3.49. The number of para-hydroxylation sites is 1. The van der Waals surface area contributed by atoms with Crippen LogP contribution in [0.3, 0.4) is 0 Å². The summed E-state index contributed by atoms with van der Waals surface area (Å²) in [6.07, 6.45) is 1.01. The van der Waals surface area contributed by atoms with Crippen molar-refractivity contribution in [3.63, 3.8) is 0 Å². The summed E-state index contributed by atoms with van der Waals surface area (Å²) in [6, 6.07) is 13.9. The van der Waals surface area contributed by atoms with Crippen LogP contribution in [0.25, 0.3) is 0 Å². The van der Waals surface area contributed by atoms with Crippen LogP contribution >= 0.6 is 0 Å². The van der Waals surface area contributed by atoms with E-state index in [-0.39, 0.29) is 11.8 Å². The second-order valence-corrected chi connectivity index (χ2v) is 5.75. The fraction of sp³-hybridized carbons (Fsp3) is 0.263. The first-order chi connectivity index (χ1) is 11.0. The SMILES string of the molecule is CCC(O)(CC)c1ccccc1N1C(=O)c2ccccc2C1=O. The van der Waals surface area contributed by atoms with Gasteiger partial charge < -0.3 is 5.11 Å². The van der Waals surface area contributed by atoms with Gasteiger partial charge in [0.2, 0.25) is 0 Å². The van der Waals surface area contributed by atoms with E-state index in [1.807, 2.05) is 19.9 Å². The zero-order valence-electron chi connectivity index (χ0n) is 13.2. The largest absolute Gasteiger partial charge is 0.385 e. The first-order valence-corrected chi connectivity index (χ1v) is 7.83. The Balaban J connectivity index is 2.15. The van der Waals surface area contributed by atoms with Crippen LogP contribution in [0.2, 0.25) is 0 Å². The van der Waals surface area contributed by atoms with Crippen LogP contribution in [0.5, 0.6) is 0 Å². The molecule has 0 atom stereocenters. The van der Waals surface area contributed by atoms with Gasteiger partial charge in [0.15, 0.2) is 0 Å². The number of aliphatic hydroxyl groups is 1. The lowest BCUT2D eigenvalue weighted by atomic mass is 9.87. The van der Waals surface area contributed by atoms with Crippen LogP contribution in [0, 0.1) is 0 Å². The summed E-state index contributed by atoms with van der Waals surface area (Å²) in [5, 5.41) is 10.9. The van der Waals surface area contributed by atoms with Crippen molar-refractivity contribution in [1.82, 2.24) is 0 Å². The van der Waals surface area contributed by atoms with Gasteiger partial charge in [-0.15, -0.1) is 0 Å². The van der Waals surface area contributed by atoms with E-state index in [2.05, 4.69) is 0 Å². The van der Waals surface area contributed by atoms with E-state index < -0.39 is 5.60 Å². The second-order valence-electron chi connectivity index (χ2n) is 5.75. The molecule has 0 saturated heterocycles. The number of carbonyl (C=O) groups is 2. The Labute approximate surface area is 135 Å². The smallest absolute Gasteiger partial charge is 0.266 e. The predicted molar refractivity (Wildman–Crippen MR) is 88.5 cm³/mol. The number of anilines is 1. The van der Waals surface area contributed by atoms with Gasteiger partial charge >= 0.3 is 0 Å². The third-order valence-electron chi connectivity index (χ3n) is 4.61. The summed E-state index contributed by atoms with van der Waals surface area (Å²) in [6.45, 7) is 3.78. The van der Waals surface area contributed by atoms with Gasteiger partial charge in [0.05, 0.1) is 22.4 Å². The molecule has 23 heavy (non-hydrogen) atoms. The monoisotopic (exact) mass is 309 g/mol. The molecule has 1 aliphatic rings. The number of hydrogen-bond donors (Lipinski definition) is 1. The summed E-state index contributed by atoms with van der Waals surface area (Å²) in [4.78, 5) is 26.6. The van der Waals surface area contributed by atoms with E-state index in [1.165, 1.54) is 4.90 Å². The number of carbonyl (C=O) groups excluding carboxylic acids is 2. The average molecular weight is 309 g/mol. The Bertz CT molecular complexity index is 743. The molecule has 1 N–H and O–H groups in total. The van der Waals surface area contributed by atoms with Gasteiger partial charge in [-0.2, -0.15) is 0 Å². The van der Waals surface area contributed by atoms with Crippen molar-refractivity contribution in [2.75, 3.05) is 4.90 Å². The molecule has 0 radical (unpaired) electrons. The highest BCUT2D eigenvalue weighted by atomic mass is 16.3. The third kappa shape index (κ3) is 2.26. The van der Waals surface area contributed by atoms with Crippen LogP contribution < -0.4 is 4.90 Å². The van der Waals surface area contributed by atoms with E-state index in [0.29, 0.717) is 35.2 Å². The Kier molecular flexibility index (Phi) is 3.78. The summed E-state index contributed by atoms with van der Waals surface area (Å²) in [5.41, 5.74) is 0.823. The Morgan fingerprint density at radius 1 is 0.870 bits per heavy atom. The normalized spacial score (nSPS) is 14.3. The van der Waals surface area contributed by atoms with Crippen LogP contribution in [-0.4, -0.2) is 16.9 Å². The van der Waals surface area contributed by atoms with Crippen molar-refractivity contribution in [1.29, 1.82) is 0 Å². The van der Waals surface area contributed by atoms with Crippen molar-refractivity contribution >= 4 is 17.5 Å². The van der Waals surface area contributed by atoms with E-state index in [9.17, 15) is 14.7 Å². The lowest BCUT2D eigenvalue weighted by Gasteiger charge is -2.30. The molecule has 0 aliphatic carbocycles. The molecule has 118 valence electrons. The zero-order valence-corrected chi connectivity index (χ0v) is 13.2. The first kappa shape index (κ1) is 15.4. The molecular formula is C19H19NO3. The number of amides is 2. The maximum atomic E-state index is 12.7. The molecule has 4 nitrogen and oxygen atoms in total. The van der Waals surface area contributed by atoms with Gasteiger partial charge in [-0.05, 0) is 31.0 Å². The van der Waals surface area contributed by atoms with E-state index >= 15 is 0 Å². The van der Waals surface area contributed by atoms with Crippen LogP contribution in [0.4, 0.5) is 5.69 Å². The highest BCUT2D eigenvalue weighted by Gasteiger charge is 2.39. The molecule has 1 heterocycles. The minimum absolute atomic E-state index is 0.340. The minimum Gasteiger partial charge on any atom is -0.385 e. The van der Waals surface area contributed by atoms with Crippen molar-refractivity contribution in [3.8, 4) is 0 Å². The van der Waals surface area contributed by atoms with Gasteiger partial charge in [0, 0.05) is 5.56 Å². The molecule has 1 aliphatic heterocycles. The lowest BCUT2D eigenvalue weighted by Crippen LogP contribution is -2.34. The summed E-state index contributed by atoms with van der Waals surface area (Å²) >= 11 is 0. The molecular weight excluding hydrogens is 290 g/mol. The number of benzene rings is 2. The van der Waals surface area contributed by atoms with Gasteiger partial charge in [0.1, 0.15) is 0 Å². The van der Waals surface area contributed by atoms with Crippen LogP contribution in [0.1, 0.15) is 53.0 Å². The number of nitrogens with zero attached hydrogens (tertiary/aromatic N) is 1. The topological polar surface area (TPSA) is 57.6 Å². The molecule has 3 rings (SSSR count). The molecule has 0 unspecified atom stereocenters. The van der Waals surface area contributed by atoms with Gasteiger partial charge in [0.25, 0.3) is 11.8 Å². The molecule has 0 aromatic heterocycles. The number of imide groups is 1.